The third-order valence-electron chi connectivity index (χ3n) is 2.18. The van der Waals surface area contributed by atoms with Crippen LogP contribution in [0.25, 0.3) is 5.52 Å². The summed E-state index contributed by atoms with van der Waals surface area (Å²) in [5.74, 6) is -0.0436. The van der Waals surface area contributed by atoms with Gasteiger partial charge in [-0.2, -0.15) is 0 Å². The summed E-state index contributed by atoms with van der Waals surface area (Å²) < 4.78 is 1.85. The molecule has 2 rings (SSSR count). The molecule has 0 aliphatic rings. The molecule has 2 heterocycles. The van der Waals surface area contributed by atoms with Crippen LogP contribution in [-0.4, -0.2) is 15.6 Å². The maximum absolute atomic E-state index is 11.7. The van der Waals surface area contributed by atoms with Gasteiger partial charge in [0.05, 0.1) is 11.1 Å². The van der Waals surface area contributed by atoms with Crippen LogP contribution in [0.1, 0.15) is 17.4 Å². The van der Waals surface area contributed by atoms with E-state index in [1.165, 1.54) is 0 Å². The van der Waals surface area contributed by atoms with Crippen LogP contribution >= 0.6 is 11.6 Å². The quantitative estimate of drug-likeness (QED) is 0.548. The molecule has 2 aromatic rings. The predicted molar refractivity (Wildman–Crippen MR) is 57.0 cm³/mol. The number of halogens is 1. The highest BCUT2D eigenvalue weighted by atomic mass is 35.5. The fraction of sp³-hybridized carbons (Fsp3) is 0.182. The molecule has 0 saturated carbocycles. The van der Waals surface area contributed by atoms with Gasteiger partial charge in [-0.25, -0.2) is 0 Å². The molecular weight excluding hydrogens is 198 g/mol. The second-order valence-electron chi connectivity index (χ2n) is 3.19. The Kier molecular flexibility index (Phi) is 2.30. The summed E-state index contributed by atoms with van der Waals surface area (Å²) in [5, 5.41) is -0.478. The SMILES string of the molecule is CC(Cl)C(=O)c1ccc2ccccn12. The molecule has 0 aromatic carbocycles. The van der Waals surface area contributed by atoms with Gasteiger partial charge in [0.15, 0.2) is 5.78 Å². The Morgan fingerprint density at radius 2 is 2.14 bits per heavy atom. The summed E-state index contributed by atoms with van der Waals surface area (Å²) in [6.07, 6.45) is 1.86. The third-order valence-corrected chi connectivity index (χ3v) is 2.37. The zero-order valence-corrected chi connectivity index (χ0v) is 8.53. The van der Waals surface area contributed by atoms with Gasteiger partial charge in [-0.15, -0.1) is 11.6 Å². The number of hydrogen-bond donors (Lipinski definition) is 0. The van der Waals surface area contributed by atoms with E-state index in [4.69, 9.17) is 11.6 Å². The first kappa shape index (κ1) is 9.28. The molecule has 2 aromatic heterocycles. The van der Waals surface area contributed by atoms with Crippen LogP contribution in [0.3, 0.4) is 0 Å². The van der Waals surface area contributed by atoms with Crippen LogP contribution in [0.5, 0.6) is 0 Å². The van der Waals surface area contributed by atoms with Gasteiger partial charge in [-0.3, -0.25) is 4.79 Å². The molecule has 0 fully saturated rings. The Bertz CT molecular complexity index is 473. The topological polar surface area (TPSA) is 21.5 Å². The maximum atomic E-state index is 11.7. The number of aromatic nitrogens is 1. The molecule has 0 saturated heterocycles. The lowest BCUT2D eigenvalue weighted by molar-refractivity contribution is 0.0986. The van der Waals surface area contributed by atoms with Gasteiger partial charge in [-0.1, -0.05) is 6.07 Å². The van der Waals surface area contributed by atoms with E-state index >= 15 is 0 Å². The summed E-state index contributed by atoms with van der Waals surface area (Å²) >= 11 is 5.76. The smallest absolute Gasteiger partial charge is 0.197 e. The lowest BCUT2D eigenvalue weighted by Crippen LogP contribution is -2.12. The highest BCUT2D eigenvalue weighted by Crippen LogP contribution is 2.13. The van der Waals surface area contributed by atoms with Gasteiger partial charge in [0, 0.05) is 11.7 Å². The molecule has 0 aliphatic carbocycles. The number of carbonyl (C=O) groups excluding carboxylic acids is 1. The van der Waals surface area contributed by atoms with Crippen LogP contribution in [0.15, 0.2) is 36.5 Å². The van der Waals surface area contributed by atoms with E-state index in [-0.39, 0.29) is 5.78 Å². The maximum Gasteiger partial charge on any atom is 0.197 e. The number of rotatable bonds is 2. The van der Waals surface area contributed by atoms with Crippen molar-refractivity contribution >= 4 is 22.9 Å². The number of Topliss-reactive ketones (excluding diaryl/α,β-unsaturated/α-hetero) is 1. The Balaban J connectivity index is 2.58. The summed E-state index contributed by atoms with van der Waals surface area (Å²) in [4.78, 5) is 11.7. The molecule has 0 amide bonds. The molecule has 14 heavy (non-hydrogen) atoms. The van der Waals surface area contributed by atoms with Crippen LogP contribution in [0.2, 0.25) is 0 Å². The number of carbonyl (C=O) groups is 1. The molecular formula is C11H10ClNO. The van der Waals surface area contributed by atoms with E-state index in [0.717, 1.165) is 5.52 Å². The largest absolute Gasteiger partial charge is 0.314 e. The van der Waals surface area contributed by atoms with Crippen LogP contribution in [0.4, 0.5) is 0 Å². The molecule has 0 spiro atoms. The van der Waals surface area contributed by atoms with Crippen molar-refractivity contribution in [2.24, 2.45) is 0 Å². The zero-order valence-electron chi connectivity index (χ0n) is 7.77. The van der Waals surface area contributed by atoms with E-state index in [9.17, 15) is 4.79 Å². The number of nitrogens with zero attached hydrogens (tertiary/aromatic N) is 1. The van der Waals surface area contributed by atoms with E-state index in [1.807, 2.05) is 34.9 Å². The zero-order chi connectivity index (χ0) is 10.1. The minimum absolute atomic E-state index is 0.0436. The summed E-state index contributed by atoms with van der Waals surface area (Å²) in [6.45, 7) is 1.69. The molecule has 2 nitrogen and oxygen atoms in total. The molecule has 0 aliphatic heterocycles. The first-order chi connectivity index (χ1) is 6.70. The first-order valence-electron chi connectivity index (χ1n) is 4.44. The second-order valence-corrected chi connectivity index (χ2v) is 3.85. The lowest BCUT2D eigenvalue weighted by Gasteiger charge is -2.02. The lowest BCUT2D eigenvalue weighted by atomic mass is 10.2. The average Bonchev–Trinajstić information content (AvgIpc) is 2.60. The highest BCUT2D eigenvalue weighted by Gasteiger charge is 2.15. The minimum atomic E-state index is -0.478. The predicted octanol–water partition coefficient (Wildman–Crippen LogP) is 2.75. The number of hydrogen-bond acceptors (Lipinski definition) is 1. The van der Waals surface area contributed by atoms with Gasteiger partial charge in [-0.05, 0) is 31.2 Å². The monoisotopic (exact) mass is 207 g/mol. The Hall–Kier alpha value is -1.28. The minimum Gasteiger partial charge on any atom is -0.314 e. The van der Waals surface area contributed by atoms with Crippen molar-refractivity contribution < 1.29 is 4.79 Å². The van der Waals surface area contributed by atoms with Gasteiger partial charge < -0.3 is 4.40 Å². The molecule has 0 radical (unpaired) electrons. The van der Waals surface area contributed by atoms with E-state index in [1.54, 1.807) is 13.0 Å². The normalized spacial score (nSPS) is 13.0. The summed E-state index contributed by atoms with van der Waals surface area (Å²) in [6, 6.07) is 9.50. The van der Waals surface area contributed by atoms with Crippen molar-refractivity contribution in [3.8, 4) is 0 Å². The van der Waals surface area contributed by atoms with Gasteiger partial charge in [0.2, 0.25) is 0 Å². The van der Waals surface area contributed by atoms with Crippen molar-refractivity contribution in [2.75, 3.05) is 0 Å². The highest BCUT2D eigenvalue weighted by molar-refractivity contribution is 6.33. The van der Waals surface area contributed by atoms with Crippen molar-refractivity contribution in [3.05, 3.63) is 42.2 Å². The Labute approximate surface area is 87.1 Å². The Morgan fingerprint density at radius 3 is 2.86 bits per heavy atom. The number of ketones is 1. The van der Waals surface area contributed by atoms with Crippen molar-refractivity contribution in [3.63, 3.8) is 0 Å². The summed E-state index contributed by atoms with van der Waals surface area (Å²) in [5.41, 5.74) is 1.65. The molecule has 0 N–H and O–H groups in total. The Morgan fingerprint density at radius 1 is 1.36 bits per heavy atom. The number of alkyl halides is 1. The number of pyridine rings is 1. The van der Waals surface area contributed by atoms with Gasteiger partial charge in [0.25, 0.3) is 0 Å². The van der Waals surface area contributed by atoms with Crippen molar-refractivity contribution in [1.29, 1.82) is 0 Å². The average molecular weight is 208 g/mol. The fourth-order valence-corrected chi connectivity index (χ4v) is 1.57. The summed E-state index contributed by atoms with van der Waals surface area (Å²) in [7, 11) is 0. The van der Waals surface area contributed by atoms with E-state index in [0.29, 0.717) is 5.69 Å². The van der Waals surface area contributed by atoms with Crippen LogP contribution in [-0.2, 0) is 0 Å². The molecule has 1 atom stereocenters. The number of fused-ring (bicyclic) bond motifs is 1. The van der Waals surface area contributed by atoms with Crippen LogP contribution in [0, 0.1) is 0 Å². The second kappa shape index (κ2) is 3.46. The van der Waals surface area contributed by atoms with Crippen LogP contribution < -0.4 is 0 Å². The molecule has 72 valence electrons. The fourth-order valence-electron chi connectivity index (χ4n) is 1.46. The first-order valence-corrected chi connectivity index (χ1v) is 4.88. The van der Waals surface area contributed by atoms with E-state index < -0.39 is 5.38 Å². The third kappa shape index (κ3) is 1.42. The van der Waals surface area contributed by atoms with Crippen molar-refractivity contribution in [2.45, 2.75) is 12.3 Å². The molecule has 1 unspecified atom stereocenters. The van der Waals surface area contributed by atoms with Gasteiger partial charge >= 0.3 is 0 Å². The van der Waals surface area contributed by atoms with Crippen molar-refractivity contribution in [1.82, 2.24) is 4.40 Å². The standard InChI is InChI=1S/C11H10ClNO/c1-8(12)11(14)10-6-5-9-4-2-3-7-13(9)10/h2-8H,1H3. The molecule has 0 bridgehead atoms. The van der Waals surface area contributed by atoms with E-state index in [2.05, 4.69) is 0 Å². The van der Waals surface area contributed by atoms with Gasteiger partial charge in [0.1, 0.15) is 0 Å². The molecule has 3 heteroatoms.